The van der Waals surface area contributed by atoms with Crippen LogP contribution in [0.25, 0.3) is 0 Å². The molecule has 1 rings (SSSR count). The standard InChI is InChI=1S/C12H23NO2/c1-12(2,11(14)15)13(3)9-8-10-6-4-5-7-10/h10H,4-9H2,1-3H3,(H,14,15). The molecule has 1 N–H and O–H groups in total. The summed E-state index contributed by atoms with van der Waals surface area (Å²) in [6.45, 7) is 4.43. The molecule has 1 fully saturated rings. The first-order valence-corrected chi connectivity index (χ1v) is 5.89. The van der Waals surface area contributed by atoms with Gasteiger partial charge in [0.25, 0.3) is 0 Å². The van der Waals surface area contributed by atoms with Crippen molar-refractivity contribution in [3.8, 4) is 0 Å². The third-order valence-electron chi connectivity index (χ3n) is 3.83. The number of carboxylic acid groups (broad SMARTS) is 1. The Balaban J connectivity index is 2.34. The summed E-state index contributed by atoms with van der Waals surface area (Å²) < 4.78 is 0. The second kappa shape index (κ2) is 4.97. The van der Waals surface area contributed by atoms with Crippen LogP contribution in [-0.2, 0) is 4.79 Å². The monoisotopic (exact) mass is 213 g/mol. The number of carboxylic acids is 1. The number of hydrogen-bond acceptors (Lipinski definition) is 2. The van der Waals surface area contributed by atoms with Gasteiger partial charge in [-0.15, -0.1) is 0 Å². The van der Waals surface area contributed by atoms with Crippen LogP contribution in [0.1, 0.15) is 46.0 Å². The van der Waals surface area contributed by atoms with Crippen LogP contribution in [-0.4, -0.2) is 35.1 Å². The number of nitrogens with zero attached hydrogens (tertiary/aromatic N) is 1. The van der Waals surface area contributed by atoms with Crippen molar-refractivity contribution in [2.75, 3.05) is 13.6 Å². The molecule has 3 heteroatoms. The van der Waals surface area contributed by atoms with Crippen LogP contribution in [0, 0.1) is 5.92 Å². The van der Waals surface area contributed by atoms with Gasteiger partial charge in [-0.2, -0.15) is 0 Å². The highest BCUT2D eigenvalue weighted by molar-refractivity contribution is 5.77. The summed E-state index contributed by atoms with van der Waals surface area (Å²) in [4.78, 5) is 13.0. The van der Waals surface area contributed by atoms with Crippen LogP contribution in [0.4, 0.5) is 0 Å². The molecule has 0 heterocycles. The van der Waals surface area contributed by atoms with Crippen LogP contribution in [0.5, 0.6) is 0 Å². The van der Waals surface area contributed by atoms with Gasteiger partial charge in [-0.25, -0.2) is 0 Å². The van der Waals surface area contributed by atoms with Crippen molar-refractivity contribution in [1.82, 2.24) is 4.90 Å². The van der Waals surface area contributed by atoms with Gasteiger partial charge in [0.1, 0.15) is 5.54 Å². The van der Waals surface area contributed by atoms with E-state index in [2.05, 4.69) is 0 Å². The third-order valence-corrected chi connectivity index (χ3v) is 3.83. The molecule has 0 aliphatic heterocycles. The van der Waals surface area contributed by atoms with E-state index in [4.69, 9.17) is 5.11 Å². The molecule has 0 spiro atoms. The number of carbonyl (C=O) groups is 1. The zero-order chi connectivity index (χ0) is 11.5. The molecule has 15 heavy (non-hydrogen) atoms. The first-order chi connectivity index (χ1) is 6.94. The maximum Gasteiger partial charge on any atom is 0.323 e. The van der Waals surface area contributed by atoms with Crippen LogP contribution >= 0.6 is 0 Å². The van der Waals surface area contributed by atoms with Gasteiger partial charge in [0.05, 0.1) is 0 Å². The summed E-state index contributed by atoms with van der Waals surface area (Å²) in [5.74, 6) is 0.0912. The first kappa shape index (κ1) is 12.5. The molecule has 1 aliphatic carbocycles. The van der Waals surface area contributed by atoms with Crippen molar-refractivity contribution in [1.29, 1.82) is 0 Å². The lowest BCUT2D eigenvalue weighted by molar-refractivity contribution is -0.148. The van der Waals surface area contributed by atoms with Crippen LogP contribution in [0.2, 0.25) is 0 Å². The summed E-state index contributed by atoms with van der Waals surface area (Å²) in [7, 11) is 1.91. The van der Waals surface area contributed by atoms with Gasteiger partial charge in [-0.3, -0.25) is 9.69 Å². The molecule has 0 unspecified atom stereocenters. The molecule has 1 aliphatic rings. The van der Waals surface area contributed by atoms with Gasteiger partial charge in [-0.1, -0.05) is 25.7 Å². The summed E-state index contributed by atoms with van der Waals surface area (Å²) in [6, 6.07) is 0. The Bertz CT molecular complexity index is 220. The summed E-state index contributed by atoms with van der Waals surface area (Å²) in [5, 5.41) is 9.06. The van der Waals surface area contributed by atoms with Crippen molar-refractivity contribution < 1.29 is 9.90 Å². The number of likely N-dealkylation sites (N-methyl/N-ethyl adjacent to an activating group) is 1. The quantitative estimate of drug-likeness (QED) is 0.762. The Hall–Kier alpha value is -0.570. The molecule has 0 aromatic carbocycles. The largest absolute Gasteiger partial charge is 0.480 e. The average molecular weight is 213 g/mol. The van der Waals surface area contributed by atoms with E-state index in [9.17, 15) is 4.79 Å². The average Bonchev–Trinajstić information content (AvgIpc) is 2.66. The van der Waals surface area contributed by atoms with E-state index in [1.807, 2.05) is 11.9 Å². The molecule has 0 aromatic heterocycles. The maximum atomic E-state index is 11.0. The molecule has 0 amide bonds. The van der Waals surface area contributed by atoms with E-state index < -0.39 is 11.5 Å². The molecule has 0 radical (unpaired) electrons. The highest BCUT2D eigenvalue weighted by Gasteiger charge is 2.32. The van der Waals surface area contributed by atoms with Crippen molar-refractivity contribution in [3.05, 3.63) is 0 Å². The van der Waals surface area contributed by atoms with Gasteiger partial charge >= 0.3 is 5.97 Å². The highest BCUT2D eigenvalue weighted by atomic mass is 16.4. The lowest BCUT2D eigenvalue weighted by Gasteiger charge is -2.32. The zero-order valence-electron chi connectivity index (χ0n) is 10.1. The maximum absolute atomic E-state index is 11.0. The lowest BCUT2D eigenvalue weighted by atomic mass is 10.00. The van der Waals surface area contributed by atoms with E-state index in [0.717, 1.165) is 18.9 Å². The van der Waals surface area contributed by atoms with E-state index in [1.54, 1.807) is 13.8 Å². The van der Waals surface area contributed by atoms with Gasteiger partial charge < -0.3 is 5.11 Å². The lowest BCUT2D eigenvalue weighted by Crippen LogP contribution is -2.48. The highest BCUT2D eigenvalue weighted by Crippen LogP contribution is 2.28. The van der Waals surface area contributed by atoms with E-state index >= 15 is 0 Å². The topological polar surface area (TPSA) is 40.5 Å². The summed E-state index contributed by atoms with van der Waals surface area (Å²) >= 11 is 0. The molecule has 0 aromatic rings. The number of aliphatic carboxylic acids is 1. The van der Waals surface area contributed by atoms with Crippen LogP contribution in [0.15, 0.2) is 0 Å². The van der Waals surface area contributed by atoms with Crippen molar-refractivity contribution >= 4 is 5.97 Å². The number of hydrogen-bond donors (Lipinski definition) is 1. The minimum Gasteiger partial charge on any atom is -0.480 e. The molecule has 1 saturated carbocycles. The molecule has 3 nitrogen and oxygen atoms in total. The summed E-state index contributed by atoms with van der Waals surface area (Å²) in [6.07, 6.45) is 6.53. The predicted molar refractivity (Wildman–Crippen MR) is 60.9 cm³/mol. The fraction of sp³-hybridized carbons (Fsp3) is 0.917. The Morgan fingerprint density at radius 3 is 2.40 bits per heavy atom. The fourth-order valence-electron chi connectivity index (χ4n) is 2.12. The van der Waals surface area contributed by atoms with E-state index in [0.29, 0.717) is 0 Å². The molecule has 88 valence electrons. The fourth-order valence-corrected chi connectivity index (χ4v) is 2.12. The van der Waals surface area contributed by atoms with Crippen LogP contribution in [0.3, 0.4) is 0 Å². The molecular formula is C12H23NO2. The van der Waals surface area contributed by atoms with Crippen molar-refractivity contribution in [2.24, 2.45) is 5.92 Å². The Morgan fingerprint density at radius 1 is 1.40 bits per heavy atom. The van der Waals surface area contributed by atoms with Gasteiger partial charge in [-0.05, 0) is 39.8 Å². The Kier molecular flexibility index (Phi) is 4.14. The smallest absolute Gasteiger partial charge is 0.323 e. The van der Waals surface area contributed by atoms with Crippen molar-refractivity contribution in [3.63, 3.8) is 0 Å². The minimum absolute atomic E-state index is 0.737. The third kappa shape index (κ3) is 3.20. The van der Waals surface area contributed by atoms with Gasteiger partial charge in [0.15, 0.2) is 0 Å². The van der Waals surface area contributed by atoms with Crippen LogP contribution < -0.4 is 0 Å². The predicted octanol–water partition coefficient (Wildman–Crippen LogP) is 2.36. The number of rotatable bonds is 5. The van der Waals surface area contributed by atoms with E-state index in [1.165, 1.54) is 25.7 Å². The molecular weight excluding hydrogens is 190 g/mol. The Morgan fingerprint density at radius 2 is 1.93 bits per heavy atom. The van der Waals surface area contributed by atoms with Gasteiger partial charge in [0, 0.05) is 0 Å². The Labute approximate surface area is 92.5 Å². The SMILES string of the molecule is CN(CCC1CCCC1)C(C)(C)C(=O)O. The van der Waals surface area contributed by atoms with Crippen molar-refractivity contribution in [2.45, 2.75) is 51.5 Å². The van der Waals surface area contributed by atoms with E-state index in [-0.39, 0.29) is 0 Å². The zero-order valence-corrected chi connectivity index (χ0v) is 10.1. The molecule has 0 saturated heterocycles. The molecule has 0 bridgehead atoms. The second-order valence-electron chi connectivity index (χ2n) is 5.22. The second-order valence-corrected chi connectivity index (χ2v) is 5.22. The minimum atomic E-state index is -0.739. The molecule has 0 atom stereocenters. The first-order valence-electron chi connectivity index (χ1n) is 5.89. The van der Waals surface area contributed by atoms with Gasteiger partial charge in [0.2, 0.25) is 0 Å². The summed E-state index contributed by atoms with van der Waals surface area (Å²) in [5.41, 5.74) is -0.737. The normalized spacial score (nSPS) is 18.7.